The fourth-order valence-electron chi connectivity index (χ4n) is 0.826. The molecule has 0 aromatic rings. The van der Waals surface area contributed by atoms with E-state index in [0.29, 0.717) is 16.3 Å². The Balaban J connectivity index is 4.26. The number of aliphatic hydroxyl groups is 1. The van der Waals surface area contributed by atoms with Gasteiger partial charge in [-0.25, -0.2) is 13.1 Å². The van der Waals surface area contributed by atoms with Gasteiger partial charge in [-0.1, -0.05) is 0 Å². The molecule has 0 fully saturated rings. The number of hydrogen-bond acceptors (Lipinski definition) is 3. The molecule has 0 rings (SSSR count). The van der Waals surface area contributed by atoms with Crippen molar-refractivity contribution in [2.75, 3.05) is 5.75 Å². The topological polar surface area (TPSA) is 66.4 Å². The van der Waals surface area contributed by atoms with Gasteiger partial charge in [0, 0.05) is 10.5 Å². The van der Waals surface area contributed by atoms with Crippen LogP contribution >= 0.6 is 0 Å². The largest absolute Gasteiger partial charge is 0.408 e. The smallest absolute Gasteiger partial charge is 0.260 e. The van der Waals surface area contributed by atoms with E-state index in [1.54, 1.807) is 20.8 Å². The van der Waals surface area contributed by atoms with E-state index in [-0.39, 0.29) is 5.75 Å². The third kappa shape index (κ3) is 7.07. The van der Waals surface area contributed by atoms with E-state index < -0.39 is 20.5 Å². The van der Waals surface area contributed by atoms with E-state index in [2.05, 4.69) is 4.72 Å². The maximum absolute atomic E-state index is 11.2. The van der Waals surface area contributed by atoms with Crippen molar-refractivity contribution < 1.29 is 13.5 Å². The van der Waals surface area contributed by atoms with Crippen LogP contribution < -0.4 is 4.72 Å². The lowest BCUT2D eigenvalue weighted by atomic mass is 10.1. The predicted molar refractivity (Wildman–Crippen MR) is 51.2 cm³/mol. The molecular formula is C6H16AlNO3S. The maximum atomic E-state index is 11.2. The number of rotatable bonds is 3. The molecule has 0 bridgehead atoms. The number of sulfonamides is 1. The van der Waals surface area contributed by atoms with Gasteiger partial charge in [0.15, 0.2) is 0 Å². The highest BCUT2D eigenvalue weighted by Crippen LogP contribution is 2.02. The molecule has 6 heteroatoms. The van der Waals surface area contributed by atoms with Crippen molar-refractivity contribution in [3.8, 4) is 0 Å². The second kappa shape index (κ2) is 4.07. The number of nitrogens with one attached hydrogen (secondary N) is 1. The Hall–Kier alpha value is 0.402. The summed E-state index contributed by atoms with van der Waals surface area (Å²) in [5, 5.41) is 8.93. The van der Waals surface area contributed by atoms with Crippen molar-refractivity contribution >= 4 is 26.3 Å². The molecule has 0 aliphatic rings. The third-order valence-corrected chi connectivity index (χ3v) is 3.77. The van der Waals surface area contributed by atoms with Gasteiger partial charge in [-0.05, 0) is 20.8 Å². The van der Waals surface area contributed by atoms with E-state index in [1.165, 1.54) is 0 Å². The standard InChI is InChI=1S/C6H14NO3S.Al.2H/c1-6(2,3)7-11(9,10)5-4-8;;;/h4,7-8H,5H2,1-3H3;;;. The Morgan fingerprint density at radius 3 is 2.17 bits per heavy atom. The molecule has 0 heterocycles. The van der Waals surface area contributed by atoms with E-state index in [9.17, 15) is 8.42 Å². The molecule has 0 radical (unpaired) electrons. The molecule has 0 amide bonds. The maximum Gasteiger partial charge on any atom is 0.260 e. The second-order valence-corrected chi connectivity index (χ2v) is 7.08. The zero-order valence-corrected chi connectivity index (χ0v) is 10.8. The lowest BCUT2D eigenvalue weighted by Crippen LogP contribution is -2.43. The summed E-state index contributed by atoms with van der Waals surface area (Å²) in [6.45, 7) is 5.30. The molecule has 2 N–H and O–H groups in total. The zero-order chi connectivity index (χ0) is 9.99. The predicted octanol–water partition coefficient (Wildman–Crippen LogP) is -1.34. The van der Waals surface area contributed by atoms with Crippen LogP contribution in [0.5, 0.6) is 0 Å². The molecule has 12 heavy (non-hydrogen) atoms. The molecule has 0 aliphatic heterocycles. The van der Waals surface area contributed by atoms with Crippen molar-refractivity contribution in [1.29, 1.82) is 0 Å². The van der Waals surface area contributed by atoms with Crippen molar-refractivity contribution in [2.45, 2.75) is 31.3 Å². The summed E-state index contributed by atoms with van der Waals surface area (Å²) in [5.74, 6) is -0.184. The monoisotopic (exact) mass is 209 g/mol. The minimum atomic E-state index is -3.30. The van der Waals surface area contributed by atoms with Crippen molar-refractivity contribution in [3.05, 3.63) is 0 Å². The Labute approximate surface area is 81.8 Å². The molecule has 0 saturated carbocycles. The SMILES string of the molecule is CC(C)(C)NS(=O)(=O)C[CH](O)[AlH2]. The average Bonchev–Trinajstić information content (AvgIpc) is 1.48. The Kier molecular flexibility index (Phi) is 4.21. The molecule has 0 saturated heterocycles. The minimum Gasteiger partial charge on any atom is -0.408 e. The first-order valence-electron chi connectivity index (χ1n) is 3.82. The van der Waals surface area contributed by atoms with Gasteiger partial charge in [-0.2, -0.15) is 0 Å². The highest BCUT2D eigenvalue weighted by Gasteiger charge is 2.20. The van der Waals surface area contributed by atoms with E-state index >= 15 is 0 Å². The van der Waals surface area contributed by atoms with Crippen LogP contribution in [0.2, 0.25) is 0 Å². The fourth-order valence-corrected chi connectivity index (χ4v) is 3.79. The van der Waals surface area contributed by atoms with Crippen LogP contribution in [-0.2, 0) is 10.0 Å². The summed E-state index contributed by atoms with van der Waals surface area (Å²) < 4.78 is 24.9. The minimum absolute atomic E-state index is 0.184. The Morgan fingerprint density at radius 2 is 1.92 bits per heavy atom. The Bertz CT molecular complexity index is 230. The molecule has 0 spiro atoms. The summed E-state index contributed by atoms with van der Waals surface area (Å²) in [5.41, 5.74) is -0.463. The van der Waals surface area contributed by atoms with Crippen molar-refractivity contribution in [2.24, 2.45) is 0 Å². The highest BCUT2D eigenvalue weighted by molar-refractivity contribution is 7.89. The van der Waals surface area contributed by atoms with E-state index in [4.69, 9.17) is 5.11 Å². The molecule has 4 nitrogen and oxygen atoms in total. The quantitative estimate of drug-likeness (QED) is 0.565. The number of hydrogen-bond donors (Lipinski definition) is 2. The average molecular weight is 209 g/mol. The van der Waals surface area contributed by atoms with Crippen molar-refractivity contribution in [1.82, 2.24) is 4.72 Å². The van der Waals surface area contributed by atoms with Gasteiger partial charge >= 0.3 is 0 Å². The zero-order valence-electron chi connectivity index (χ0n) is 7.96. The molecule has 1 unspecified atom stereocenters. The van der Waals surface area contributed by atoms with Gasteiger partial charge in [-0.3, -0.25) is 0 Å². The molecule has 0 aliphatic carbocycles. The van der Waals surface area contributed by atoms with Gasteiger partial charge in [-0.15, -0.1) is 0 Å². The van der Waals surface area contributed by atoms with Crippen LogP contribution in [0.25, 0.3) is 0 Å². The van der Waals surface area contributed by atoms with Crippen LogP contribution in [0.4, 0.5) is 0 Å². The molecule has 0 aromatic heterocycles. The van der Waals surface area contributed by atoms with Crippen LogP contribution in [0.3, 0.4) is 0 Å². The molecular weight excluding hydrogens is 193 g/mol. The van der Waals surface area contributed by atoms with Crippen molar-refractivity contribution in [3.63, 3.8) is 0 Å². The van der Waals surface area contributed by atoms with Crippen LogP contribution in [0.1, 0.15) is 20.8 Å². The number of aliphatic hydroxyl groups excluding tert-OH is 1. The van der Waals surface area contributed by atoms with Gasteiger partial charge in [0.1, 0.15) is 0 Å². The first kappa shape index (κ1) is 12.4. The first-order chi connectivity index (χ1) is 5.12. The van der Waals surface area contributed by atoms with Gasteiger partial charge < -0.3 is 5.11 Å². The van der Waals surface area contributed by atoms with Crippen LogP contribution in [-0.4, -0.2) is 46.1 Å². The Morgan fingerprint density at radius 1 is 1.50 bits per heavy atom. The van der Waals surface area contributed by atoms with Gasteiger partial charge in [0.25, 0.3) is 16.3 Å². The molecule has 1 atom stereocenters. The summed E-state index contributed by atoms with van der Waals surface area (Å²) in [4.78, 5) is -0.690. The summed E-state index contributed by atoms with van der Waals surface area (Å²) in [7, 11) is -3.30. The summed E-state index contributed by atoms with van der Waals surface area (Å²) in [6, 6.07) is 0. The summed E-state index contributed by atoms with van der Waals surface area (Å²) >= 11 is 0.478. The first-order valence-corrected chi connectivity index (χ1v) is 6.63. The highest BCUT2D eigenvalue weighted by atomic mass is 32.2. The van der Waals surface area contributed by atoms with Gasteiger partial charge in [0.05, 0.1) is 5.75 Å². The lowest BCUT2D eigenvalue weighted by molar-refractivity contribution is 0.277. The van der Waals surface area contributed by atoms with E-state index in [1.807, 2.05) is 0 Å². The van der Waals surface area contributed by atoms with Crippen LogP contribution in [0.15, 0.2) is 0 Å². The summed E-state index contributed by atoms with van der Waals surface area (Å²) in [6.07, 6.45) is 0. The van der Waals surface area contributed by atoms with Gasteiger partial charge in [0.2, 0.25) is 10.0 Å². The molecule has 72 valence electrons. The fraction of sp³-hybridized carbons (Fsp3) is 1.00. The second-order valence-electron chi connectivity index (χ2n) is 3.98. The molecule has 0 aromatic carbocycles. The lowest BCUT2D eigenvalue weighted by Gasteiger charge is -2.20. The third-order valence-electron chi connectivity index (χ3n) is 0.922. The van der Waals surface area contributed by atoms with E-state index in [0.717, 1.165) is 0 Å². The van der Waals surface area contributed by atoms with Crippen LogP contribution in [0, 0.1) is 0 Å². The normalized spacial score (nSPS) is 16.0.